The number of benzene rings is 2. The Hall–Kier alpha value is -2.62. The van der Waals surface area contributed by atoms with E-state index in [1.165, 1.54) is 12.1 Å². The van der Waals surface area contributed by atoms with Crippen molar-refractivity contribution in [1.29, 1.82) is 0 Å². The first-order chi connectivity index (χ1) is 16.8. The van der Waals surface area contributed by atoms with Crippen LogP contribution in [0.3, 0.4) is 0 Å². The maximum absolute atomic E-state index is 13.3. The molecule has 1 aliphatic rings. The first kappa shape index (κ1) is 28.0. The lowest BCUT2D eigenvalue weighted by molar-refractivity contribution is -0.157. The molecule has 0 spiro atoms. The van der Waals surface area contributed by atoms with Gasteiger partial charge in [0.25, 0.3) is 5.91 Å². The number of nitrogens with zero attached hydrogens (tertiary/aromatic N) is 1. The van der Waals surface area contributed by atoms with Gasteiger partial charge in [-0.05, 0) is 70.5 Å². The van der Waals surface area contributed by atoms with Gasteiger partial charge in [0.15, 0.2) is 16.4 Å². The summed E-state index contributed by atoms with van der Waals surface area (Å²) in [7, 11) is -3.82. The number of sulfone groups is 1. The SMILES string of the molecule is CC(C)S(=O)(=O)c1cc(-c2cc(Cl)ccc2OCC(=O)OC(C)(C)C)ccc1C(=O)N1CCOCC1. The van der Waals surface area contributed by atoms with Crippen molar-refractivity contribution in [2.75, 3.05) is 32.9 Å². The predicted octanol–water partition coefficient (Wildman–Crippen LogP) is 4.38. The Morgan fingerprint density at radius 1 is 1.08 bits per heavy atom. The first-order valence-corrected chi connectivity index (χ1v) is 13.6. The summed E-state index contributed by atoms with van der Waals surface area (Å²) in [5.41, 5.74) is 0.408. The summed E-state index contributed by atoms with van der Waals surface area (Å²) >= 11 is 6.24. The minimum absolute atomic E-state index is 0.0652. The molecule has 1 aliphatic heterocycles. The van der Waals surface area contributed by atoms with Gasteiger partial charge >= 0.3 is 5.97 Å². The predicted molar refractivity (Wildman–Crippen MR) is 137 cm³/mol. The molecule has 2 aromatic carbocycles. The van der Waals surface area contributed by atoms with E-state index in [2.05, 4.69) is 0 Å². The third-order valence-electron chi connectivity index (χ3n) is 5.46. The molecule has 0 atom stereocenters. The third-order valence-corrected chi connectivity index (χ3v) is 7.88. The number of esters is 1. The molecule has 8 nitrogen and oxygen atoms in total. The van der Waals surface area contributed by atoms with Crippen LogP contribution in [0.25, 0.3) is 11.1 Å². The number of hydrogen-bond acceptors (Lipinski definition) is 7. The molecule has 1 fully saturated rings. The molecule has 0 aromatic heterocycles. The average molecular weight is 538 g/mol. The van der Waals surface area contributed by atoms with Crippen molar-refractivity contribution >= 4 is 33.3 Å². The lowest BCUT2D eigenvalue weighted by Gasteiger charge is -2.28. The number of rotatable bonds is 7. The van der Waals surface area contributed by atoms with Crippen LogP contribution in [-0.4, -0.2) is 69.0 Å². The number of ether oxygens (including phenoxy) is 3. The second-order valence-corrected chi connectivity index (χ2v) is 12.6. The highest BCUT2D eigenvalue weighted by molar-refractivity contribution is 7.92. The Morgan fingerprint density at radius 2 is 1.75 bits per heavy atom. The molecular formula is C26H32ClNO7S. The van der Waals surface area contributed by atoms with E-state index in [0.717, 1.165) is 0 Å². The summed E-state index contributed by atoms with van der Waals surface area (Å²) in [5, 5.41) is -0.345. The second-order valence-electron chi connectivity index (χ2n) is 9.72. The van der Waals surface area contributed by atoms with Crippen molar-refractivity contribution in [3.8, 4) is 16.9 Å². The van der Waals surface area contributed by atoms with Gasteiger partial charge < -0.3 is 19.1 Å². The average Bonchev–Trinajstić information content (AvgIpc) is 2.81. The van der Waals surface area contributed by atoms with E-state index >= 15 is 0 Å². The van der Waals surface area contributed by atoms with Crippen LogP contribution in [-0.2, 0) is 24.1 Å². The lowest BCUT2D eigenvalue weighted by atomic mass is 10.0. The quantitative estimate of drug-likeness (QED) is 0.483. The van der Waals surface area contributed by atoms with Gasteiger partial charge in [-0.15, -0.1) is 0 Å². The number of hydrogen-bond donors (Lipinski definition) is 0. The van der Waals surface area contributed by atoms with Gasteiger partial charge in [0.2, 0.25) is 0 Å². The van der Waals surface area contributed by atoms with Crippen molar-refractivity contribution < 1.29 is 32.2 Å². The van der Waals surface area contributed by atoms with E-state index in [1.54, 1.807) is 63.8 Å². The van der Waals surface area contributed by atoms with E-state index in [1.807, 2.05) is 0 Å². The van der Waals surface area contributed by atoms with Crippen molar-refractivity contribution in [3.05, 3.63) is 47.0 Å². The Labute approximate surface area is 217 Å². The molecule has 0 N–H and O–H groups in total. The second kappa shape index (κ2) is 11.2. The van der Waals surface area contributed by atoms with E-state index in [-0.39, 0.29) is 23.0 Å². The molecule has 3 rings (SSSR count). The molecule has 196 valence electrons. The van der Waals surface area contributed by atoms with Crippen LogP contribution in [0.2, 0.25) is 5.02 Å². The van der Waals surface area contributed by atoms with E-state index in [9.17, 15) is 18.0 Å². The minimum Gasteiger partial charge on any atom is -0.481 e. The molecule has 36 heavy (non-hydrogen) atoms. The summed E-state index contributed by atoms with van der Waals surface area (Å²) in [6.07, 6.45) is 0. The van der Waals surface area contributed by atoms with Gasteiger partial charge in [-0.2, -0.15) is 0 Å². The summed E-state index contributed by atoms with van der Waals surface area (Å²) in [6, 6.07) is 9.47. The van der Waals surface area contributed by atoms with Crippen LogP contribution in [0.1, 0.15) is 45.0 Å². The van der Waals surface area contributed by atoms with Gasteiger partial charge in [0.05, 0.1) is 28.9 Å². The fourth-order valence-electron chi connectivity index (χ4n) is 3.65. The van der Waals surface area contributed by atoms with Gasteiger partial charge in [-0.1, -0.05) is 17.7 Å². The van der Waals surface area contributed by atoms with Gasteiger partial charge in [-0.3, -0.25) is 4.79 Å². The normalized spacial score (nSPS) is 14.6. The van der Waals surface area contributed by atoms with Crippen LogP contribution >= 0.6 is 11.6 Å². The van der Waals surface area contributed by atoms with Crippen LogP contribution in [0.5, 0.6) is 5.75 Å². The Balaban J connectivity index is 2.04. The highest BCUT2D eigenvalue weighted by atomic mass is 35.5. The van der Waals surface area contributed by atoms with Crippen molar-refractivity contribution in [1.82, 2.24) is 4.90 Å². The van der Waals surface area contributed by atoms with Crippen LogP contribution < -0.4 is 4.74 Å². The van der Waals surface area contributed by atoms with E-state index in [0.29, 0.717) is 48.2 Å². The van der Waals surface area contributed by atoms with Crippen molar-refractivity contribution in [2.45, 2.75) is 50.4 Å². The first-order valence-electron chi connectivity index (χ1n) is 11.7. The maximum atomic E-state index is 13.3. The van der Waals surface area contributed by atoms with Gasteiger partial charge in [-0.25, -0.2) is 13.2 Å². The molecular weight excluding hydrogens is 506 g/mol. The maximum Gasteiger partial charge on any atom is 0.344 e. The number of carbonyl (C=O) groups is 2. The van der Waals surface area contributed by atoms with Gasteiger partial charge in [0.1, 0.15) is 11.4 Å². The summed E-state index contributed by atoms with van der Waals surface area (Å²) in [6.45, 7) is 9.65. The van der Waals surface area contributed by atoms with Crippen LogP contribution in [0.4, 0.5) is 0 Å². The molecule has 0 unspecified atom stereocenters. The zero-order valence-electron chi connectivity index (χ0n) is 21.2. The number of amides is 1. The molecule has 0 bridgehead atoms. The molecule has 1 saturated heterocycles. The molecule has 0 saturated carbocycles. The van der Waals surface area contributed by atoms with Crippen molar-refractivity contribution in [3.63, 3.8) is 0 Å². The Kier molecular flexibility index (Phi) is 8.69. The standard InChI is InChI=1S/C26H32ClNO7S/c1-17(2)36(31,32)23-14-18(6-8-20(23)25(30)28-10-12-33-13-11-28)21-15-19(27)7-9-22(21)34-16-24(29)35-26(3,4)5/h6-9,14-15,17H,10-13,16H2,1-5H3. The van der Waals surface area contributed by atoms with E-state index in [4.69, 9.17) is 25.8 Å². The fraction of sp³-hybridized carbons (Fsp3) is 0.462. The lowest BCUT2D eigenvalue weighted by Crippen LogP contribution is -2.41. The highest BCUT2D eigenvalue weighted by Gasteiger charge is 2.29. The number of halogens is 1. The highest BCUT2D eigenvalue weighted by Crippen LogP contribution is 2.36. The number of carbonyl (C=O) groups excluding carboxylic acids is 2. The molecule has 1 amide bonds. The van der Waals surface area contributed by atoms with Crippen LogP contribution in [0.15, 0.2) is 41.3 Å². The molecule has 2 aromatic rings. The Morgan fingerprint density at radius 3 is 2.36 bits per heavy atom. The topological polar surface area (TPSA) is 99.2 Å². The minimum atomic E-state index is -3.82. The largest absolute Gasteiger partial charge is 0.481 e. The number of morpholine rings is 1. The van der Waals surface area contributed by atoms with E-state index < -0.39 is 26.7 Å². The molecule has 10 heteroatoms. The molecule has 0 aliphatic carbocycles. The van der Waals surface area contributed by atoms with Crippen molar-refractivity contribution in [2.24, 2.45) is 0 Å². The molecule has 1 heterocycles. The summed E-state index contributed by atoms with van der Waals surface area (Å²) in [4.78, 5) is 27.0. The fourth-order valence-corrected chi connectivity index (χ4v) is 5.09. The summed E-state index contributed by atoms with van der Waals surface area (Å²) < 4.78 is 43.0. The zero-order valence-corrected chi connectivity index (χ0v) is 22.7. The van der Waals surface area contributed by atoms with Crippen LogP contribution in [0, 0.1) is 0 Å². The summed E-state index contributed by atoms with van der Waals surface area (Å²) in [5.74, 6) is -0.583. The third kappa shape index (κ3) is 6.78. The van der Waals surface area contributed by atoms with Gasteiger partial charge in [0, 0.05) is 23.7 Å². The Bertz CT molecular complexity index is 1230. The smallest absolute Gasteiger partial charge is 0.344 e. The zero-order chi connectivity index (χ0) is 26.7. The molecule has 0 radical (unpaired) electrons. The monoisotopic (exact) mass is 537 g/mol.